The van der Waals surface area contributed by atoms with Crippen molar-refractivity contribution in [2.75, 3.05) is 38.8 Å². The normalized spacial score (nSPS) is 19.6. The standard InChI is InChI=1S/C19H38NO6PS/c1-15(2)17(5)26-27(22,25-16(3)4)28-14-24-18(21)19(6,7)8-9-20-10-12-23-13-11-20/h15-17H,8-14H2,1-7H3. The van der Waals surface area contributed by atoms with E-state index in [-0.39, 0.29) is 30.0 Å². The average Bonchev–Trinajstić information content (AvgIpc) is 2.59. The highest BCUT2D eigenvalue weighted by Crippen LogP contribution is 2.62. The lowest BCUT2D eigenvalue weighted by Crippen LogP contribution is -2.39. The molecule has 0 aromatic rings. The Morgan fingerprint density at radius 2 is 1.75 bits per heavy atom. The summed E-state index contributed by atoms with van der Waals surface area (Å²) in [7, 11) is 0. The molecule has 1 rings (SSSR count). The van der Waals surface area contributed by atoms with Gasteiger partial charge in [0.25, 0.3) is 0 Å². The second kappa shape index (κ2) is 11.9. The molecule has 2 atom stereocenters. The molecule has 0 radical (unpaired) electrons. The average molecular weight is 440 g/mol. The highest BCUT2D eigenvalue weighted by atomic mass is 32.7. The fraction of sp³-hybridized carbons (Fsp3) is 0.947. The van der Waals surface area contributed by atoms with Crippen LogP contribution in [0, 0.1) is 11.3 Å². The fourth-order valence-corrected chi connectivity index (χ4v) is 5.84. The number of nitrogens with zero attached hydrogens (tertiary/aromatic N) is 1. The van der Waals surface area contributed by atoms with Crippen LogP contribution in [0.3, 0.4) is 0 Å². The number of carbonyl (C=O) groups excluding carboxylic acids is 1. The van der Waals surface area contributed by atoms with Gasteiger partial charge in [-0.1, -0.05) is 13.8 Å². The van der Waals surface area contributed by atoms with Crippen molar-refractivity contribution >= 4 is 24.1 Å². The van der Waals surface area contributed by atoms with Gasteiger partial charge in [0.1, 0.15) is 5.94 Å². The molecule has 0 N–H and O–H groups in total. The first kappa shape index (κ1) is 25.9. The molecule has 0 spiro atoms. The van der Waals surface area contributed by atoms with E-state index < -0.39 is 12.2 Å². The van der Waals surface area contributed by atoms with Gasteiger partial charge in [0.05, 0.1) is 30.8 Å². The van der Waals surface area contributed by atoms with Gasteiger partial charge in [-0.15, -0.1) is 0 Å². The first-order valence-corrected chi connectivity index (χ1v) is 13.2. The van der Waals surface area contributed by atoms with E-state index in [0.29, 0.717) is 6.42 Å². The highest BCUT2D eigenvalue weighted by Gasteiger charge is 2.34. The van der Waals surface area contributed by atoms with Crippen LogP contribution >= 0.6 is 18.2 Å². The lowest BCUT2D eigenvalue weighted by molar-refractivity contribution is -0.152. The van der Waals surface area contributed by atoms with Crippen LogP contribution < -0.4 is 0 Å². The second-order valence-electron chi connectivity index (χ2n) is 8.42. The highest BCUT2D eigenvalue weighted by molar-refractivity contribution is 8.55. The Bertz CT molecular complexity index is 523. The zero-order valence-electron chi connectivity index (χ0n) is 18.4. The number of esters is 1. The van der Waals surface area contributed by atoms with Crippen molar-refractivity contribution < 1.29 is 27.9 Å². The summed E-state index contributed by atoms with van der Waals surface area (Å²) in [5.41, 5.74) is -0.617. The van der Waals surface area contributed by atoms with Gasteiger partial charge in [0.2, 0.25) is 0 Å². The Morgan fingerprint density at radius 1 is 1.14 bits per heavy atom. The van der Waals surface area contributed by atoms with E-state index in [9.17, 15) is 9.36 Å². The van der Waals surface area contributed by atoms with Crippen LogP contribution in [0.1, 0.15) is 54.9 Å². The van der Waals surface area contributed by atoms with Gasteiger partial charge in [-0.25, -0.2) is 4.57 Å². The summed E-state index contributed by atoms with van der Waals surface area (Å²) in [6, 6.07) is 0. The quantitative estimate of drug-likeness (QED) is 0.249. The van der Waals surface area contributed by atoms with Crippen molar-refractivity contribution in [1.29, 1.82) is 0 Å². The molecule has 1 saturated heterocycles. The molecule has 0 aromatic heterocycles. The molecule has 1 aliphatic heterocycles. The molecule has 0 bridgehead atoms. The number of carbonyl (C=O) groups is 1. The minimum atomic E-state index is -3.41. The van der Waals surface area contributed by atoms with Crippen molar-refractivity contribution in [2.45, 2.75) is 67.1 Å². The summed E-state index contributed by atoms with van der Waals surface area (Å²) in [6.45, 7) is 13.9. The maximum Gasteiger partial charge on any atom is 0.392 e. The minimum absolute atomic E-state index is 0.0609. The van der Waals surface area contributed by atoms with Gasteiger partial charge in [-0.3, -0.25) is 18.7 Å². The molecular formula is C19H38NO6PS. The van der Waals surface area contributed by atoms with Crippen LogP contribution in [0.2, 0.25) is 0 Å². The zero-order valence-corrected chi connectivity index (χ0v) is 20.1. The maximum atomic E-state index is 13.0. The van der Waals surface area contributed by atoms with Crippen molar-refractivity contribution in [3.63, 3.8) is 0 Å². The molecule has 1 fully saturated rings. The summed E-state index contributed by atoms with van der Waals surface area (Å²) >= 11 is 0.930. The molecule has 7 nitrogen and oxygen atoms in total. The van der Waals surface area contributed by atoms with Crippen LogP contribution in [0.25, 0.3) is 0 Å². The first-order chi connectivity index (χ1) is 12.9. The van der Waals surface area contributed by atoms with Gasteiger partial charge in [-0.2, -0.15) is 0 Å². The van der Waals surface area contributed by atoms with Crippen LogP contribution in [-0.4, -0.2) is 61.9 Å². The molecule has 1 heterocycles. The minimum Gasteiger partial charge on any atom is -0.454 e. The molecule has 9 heteroatoms. The van der Waals surface area contributed by atoms with E-state index >= 15 is 0 Å². The van der Waals surface area contributed by atoms with E-state index in [0.717, 1.165) is 44.2 Å². The molecule has 2 unspecified atom stereocenters. The van der Waals surface area contributed by atoms with Gasteiger partial charge >= 0.3 is 12.8 Å². The molecule has 0 aliphatic carbocycles. The Hall–Kier alpha value is -0.110. The predicted molar refractivity (Wildman–Crippen MR) is 113 cm³/mol. The van der Waals surface area contributed by atoms with Crippen molar-refractivity contribution in [3.05, 3.63) is 0 Å². The van der Waals surface area contributed by atoms with Crippen LogP contribution in [-0.2, 0) is 27.9 Å². The molecule has 166 valence electrons. The van der Waals surface area contributed by atoms with E-state index in [1.165, 1.54) is 0 Å². The summed E-state index contributed by atoms with van der Waals surface area (Å²) < 4.78 is 35.0. The third-order valence-electron chi connectivity index (χ3n) is 4.68. The summed E-state index contributed by atoms with van der Waals surface area (Å²) in [6.07, 6.45) is 0.216. The molecule has 0 saturated carbocycles. The SMILES string of the molecule is CC(C)OP(=O)(OC(C)C(C)C)SCOC(=O)C(C)(C)CCN1CCOCC1. The largest absolute Gasteiger partial charge is 0.454 e. The Morgan fingerprint density at radius 3 is 2.29 bits per heavy atom. The van der Waals surface area contributed by atoms with E-state index in [2.05, 4.69) is 4.90 Å². The summed E-state index contributed by atoms with van der Waals surface area (Å²) in [5, 5.41) is 0. The zero-order chi connectivity index (χ0) is 21.4. The van der Waals surface area contributed by atoms with Crippen LogP contribution in [0.15, 0.2) is 0 Å². The van der Waals surface area contributed by atoms with Crippen molar-refractivity contribution in [1.82, 2.24) is 4.90 Å². The topological polar surface area (TPSA) is 74.3 Å². The van der Waals surface area contributed by atoms with Crippen molar-refractivity contribution in [2.24, 2.45) is 11.3 Å². The second-order valence-corrected chi connectivity index (χ2v) is 12.3. The molecule has 1 aliphatic rings. The number of rotatable bonds is 12. The number of hydrogen-bond acceptors (Lipinski definition) is 8. The van der Waals surface area contributed by atoms with Crippen LogP contribution in [0.5, 0.6) is 0 Å². The summed E-state index contributed by atoms with van der Waals surface area (Å²) in [4.78, 5) is 14.8. The lowest BCUT2D eigenvalue weighted by Gasteiger charge is -2.30. The maximum absolute atomic E-state index is 13.0. The van der Waals surface area contributed by atoms with Crippen molar-refractivity contribution in [3.8, 4) is 0 Å². The Labute approximate surface area is 174 Å². The van der Waals surface area contributed by atoms with Gasteiger partial charge in [0.15, 0.2) is 0 Å². The molecule has 28 heavy (non-hydrogen) atoms. The van der Waals surface area contributed by atoms with Gasteiger partial charge in [-0.05, 0) is 53.5 Å². The molecule has 0 aromatic carbocycles. The van der Waals surface area contributed by atoms with Gasteiger partial charge < -0.3 is 9.47 Å². The van der Waals surface area contributed by atoms with Crippen LogP contribution in [0.4, 0.5) is 0 Å². The number of morpholine rings is 1. The Balaban J connectivity index is 2.51. The number of ether oxygens (including phenoxy) is 2. The smallest absolute Gasteiger partial charge is 0.392 e. The number of hydrogen-bond donors (Lipinski definition) is 0. The summed E-state index contributed by atoms with van der Waals surface area (Å²) in [5.74, 6) is -0.165. The van der Waals surface area contributed by atoms with E-state index in [1.807, 2.05) is 34.6 Å². The third kappa shape index (κ3) is 9.59. The van der Waals surface area contributed by atoms with E-state index in [1.54, 1.807) is 13.8 Å². The molecule has 0 amide bonds. The van der Waals surface area contributed by atoms with Gasteiger partial charge in [0, 0.05) is 24.5 Å². The Kier molecular flexibility index (Phi) is 11.0. The molecular weight excluding hydrogens is 401 g/mol. The van der Waals surface area contributed by atoms with E-state index in [4.69, 9.17) is 18.5 Å². The predicted octanol–water partition coefficient (Wildman–Crippen LogP) is 4.56. The first-order valence-electron chi connectivity index (χ1n) is 10.0. The third-order valence-corrected chi connectivity index (χ3v) is 8.28. The lowest BCUT2D eigenvalue weighted by atomic mass is 9.89. The monoisotopic (exact) mass is 439 g/mol. The fourth-order valence-electron chi connectivity index (χ4n) is 2.37.